The van der Waals surface area contributed by atoms with Crippen molar-refractivity contribution >= 4 is 23.2 Å². The second-order valence-electron chi connectivity index (χ2n) is 4.60. The average molecular weight is 252 g/mol. The number of hydrogen-bond acceptors (Lipinski definition) is 4. The molecule has 0 spiro atoms. The van der Waals surface area contributed by atoms with Crippen molar-refractivity contribution in [3.05, 3.63) is 16.1 Å². The largest absolute Gasteiger partial charge is 0.385 e. The lowest BCUT2D eigenvalue weighted by atomic mass is 10.1. The summed E-state index contributed by atoms with van der Waals surface area (Å²) >= 11 is 1.52. The van der Waals surface area contributed by atoms with E-state index in [1.165, 1.54) is 11.3 Å². The molecule has 1 aliphatic rings. The molecule has 0 aromatic carbocycles. The molecule has 2 amide bonds. The van der Waals surface area contributed by atoms with Gasteiger partial charge in [0.2, 0.25) is 0 Å². The zero-order chi connectivity index (χ0) is 12.6. The van der Waals surface area contributed by atoms with Crippen molar-refractivity contribution in [3.8, 4) is 0 Å². The van der Waals surface area contributed by atoms with Gasteiger partial charge in [-0.05, 0) is 12.8 Å². The van der Waals surface area contributed by atoms with E-state index in [1.54, 1.807) is 4.90 Å². The van der Waals surface area contributed by atoms with Crippen LogP contribution in [0.15, 0.2) is 10.4 Å². The summed E-state index contributed by atoms with van der Waals surface area (Å²) in [7, 11) is 0. The number of amidine groups is 1. The highest BCUT2D eigenvalue weighted by molar-refractivity contribution is 7.09. The molecule has 0 radical (unpaired) electrons. The molecule has 1 unspecified atom stereocenters. The van der Waals surface area contributed by atoms with E-state index in [0.717, 1.165) is 10.7 Å². The summed E-state index contributed by atoms with van der Waals surface area (Å²) in [5.41, 5.74) is 6.78. The normalized spacial score (nSPS) is 20.2. The van der Waals surface area contributed by atoms with Gasteiger partial charge in [0.15, 0.2) is 0 Å². The van der Waals surface area contributed by atoms with Crippen molar-refractivity contribution in [1.29, 1.82) is 0 Å². The van der Waals surface area contributed by atoms with Crippen LogP contribution < -0.4 is 5.73 Å². The van der Waals surface area contributed by atoms with Crippen molar-refractivity contribution < 1.29 is 4.79 Å². The van der Waals surface area contributed by atoms with Crippen LogP contribution >= 0.6 is 11.3 Å². The second-order valence-corrected chi connectivity index (χ2v) is 5.48. The van der Waals surface area contributed by atoms with Gasteiger partial charge in [-0.2, -0.15) is 4.99 Å². The van der Waals surface area contributed by atoms with Crippen LogP contribution in [0.2, 0.25) is 0 Å². The molecule has 1 aliphatic heterocycles. The van der Waals surface area contributed by atoms with Gasteiger partial charge in [0.25, 0.3) is 0 Å². The van der Waals surface area contributed by atoms with Crippen molar-refractivity contribution in [1.82, 2.24) is 9.88 Å². The Hall–Kier alpha value is -1.43. The number of thiazole rings is 1. The molecule has 1 aromatic rings. The molecule has 0 aliphatic carbocycles. The Balaban J connectivity index is 2.29. The molecule has 1 atom stereocenters. The fourth-order valence-electron chi connectivity index (χ4n) is 1.84. The van der Waals surface area contributed by atoms with Crippen molar-refractivity contribution in [3.63, 3.8) is 0 Å². The van der Waals surface area contributed by atoms with E-state index >= 15 is 0 Å². The molecular formula is C11H16N4OS. The summed E-state index contributed by atoms with van der Waals surface area (Å²) in [5, 5.41) is 2.80. The van der Waals surface area contributed by atoms with Gasteiger partial charge < -0.3 is 10.6 Å². The Kier molecular flexibility index (Phi) is 3.15. The molecular weight excluding hydrogens is 236 g/mol. The first kappa shape index (κ1) is 12.0. The molecule has 2 N–H and O–H groups in total. The Bertz CT molecular complexity index is 466. The molecule has 17 heavy (non-hydrogen) atoms. The van der Waals surface area contributed by atoms with Crippen LogP contribution in [-0.2, 0) is 0 Å². The van der Waals surface area contributed by atoms with Gasteiger partial charge in [0, 0.05) is 17.6 Å². The number of urea groups is 1. The third kappa shape index (κ3) is 2.31. The fourth-order valence-corrected chi connectivity index (χ4v) is 2.76. The van der Waals surface area contributed by atoms with Crippen LogP contribution in [0.4, 0.5) is 4.79 Å². The molecule has 5 nitrogen and oxygen atoms in total. The summed E-state index contributed by atoms with van der Waals surface area (Å²) in [5.74, 6) is 0.730. The van der Waals surface area contributed by atoms with E-state index in [9.17, 15) is 4.79 Å². The van der Waals surface area contributed by atoms with Crippen LogP contribution in [0.3, 0.4) is 0 Å². The van der Waals surface area contributed by atoms with E-state index in [0.29, 0.717) is 18.3 Å². The minimum absolute atomic E-state index is 0.256. The van der Waals surface area contributed by atoms with Crippen LogP contribution in [0.25, 0.3) is 0 Å². The number of carbonyl (C=O) groups excluding carboxylic acids is 1. The average Bonchev–Trinajstić information content (AvgIpc) is 2.72. The van der Waals surface area contributed by atoms with Gasteiger partial charge in [-0.1, -0.05) is 13.8 Å². The lowest BCUT2D eigenvalue weighted by Gasteiger charge is -2.24. The molecule has 92 valence electrons. The van der Waals surface area contributed by atoms with Crippen LogP contribution in [0, 0.1) is 12.8 Å². The number of rotatable bonds is 3. The highest BCUT2D eigenvalue weighted by Gasteiger charge is 2.36. The first-order chi connectivity index (χ1) is 7.99. The Morgan fingerprint density at radius 2 is 2.29 bits per heavy atom. The Morgan fingerprint density at radius 3 is 2.82 bits per heavy atom. The highest BCUT2D eigenvalue weighted by atomic mass is 32.1. The third-order valence-corrected chi connectivity index (χ3v) is 3.51. The van der Waals surface area contributed by atoms with Crippen LogP contribution in [0.5, 0.6) is 0 Å². The lowest BCUT2D eigenvalue weighted by molar-refractivity contribution is 0.198. The minimum atomic E-state index is -0.274. The lowest BCUT2D eigenvalue weighted by Crippen LogP contribution is -2.35. The van der Waals surface area contributed by atoms with Gasteiger partial charge in [0.1, 0.15) is 16.9 Å². The monoisotopic (exact) mass is 252 g/mol. The topological polar surface area (TPSA) is 71.6 Å². The first-order valence-electron chi connectivity index (χ1n) is 5.55. The van der Waals surface area contributed by atoms with E-state index in [2.05, 4.69) is 23.8 Å². The smallest absolute Gasteiger partial charge is 0.346 e. The third-order valence-electron chi connectivity index (χ3n) is 2.49. The minimum Gasteiger partial charge on any atom is -0.385 e. The SMILES string of the molecule is Cc1csc(C2C(N)=NC(=O)N2CC(C)C)n1. The Labute approximate surface area is 104 Å². The van der Waals surface area contributed by atoms with Gasteiger partial charge in [0.05, 0.1) is 0 Å². The van der Waals surface area contributed by atoms with E-state index < -0.39 is 0 Å². The second kappa shape index (κ2) is 4.44. The zero-order valence-electron chi connectivity index (χ0n) is 10.2. The molecule has 0 saturated carbocycles. The zero-order valence-corrected chi connectivity index (χ0v) is 11.0. The fraction of sp³-hybridized carbons (Fsp3) is 0.545. The summed E-state index contributed by atoms with van der Waals surface area (Å²) in [4.78, 5) is 21.7. The molecule has 0 fully saturated rings. The number of aromatic nitrogens is 1. The predicted molar refractivity (Wildman–Crippen MR) is 68.2 cm³/mol. The maximum Gasteiger partial charge on any atom is 0.346 e. The number of hydrogen-bond donors (Lipinski definition) is 1. The summed E-state index contributed by atoms with van der Waals surface area (Å²) < 4.78 is 0. The van der Waals surface area contributed by atoms with Crippen molar-refractivity contribution in [2.45, 2.75) is 26.8 Å². The Morgan fingerprint density at radius 1 is 1.59 bits per heavy atom. The molecule has 0 saturated heterocycles. The summed E-state index contributed by atoms with van der Waals surface area (Å²) in [6, 6.07) is -0.530. The first-order valence-corrected chi connectivity index (χ1v) is 6.43. The molecule has 2 heterocycles. The maximum absolute atomic E-state index is 11.7. The quantitative estimate of drug-likeness (QED) is 0.893. The predicted octanol–water partition coefficient (Wildman–Crippen LogP) is 1.94. The van der Waals surface area contributed by atoms with Crippen LogP contribution in [-0.4, -0.2) is 28.3 Å². The summed E-state index contributed by atoms with van der Waals surface area (Å²) in [6.45, 7) is 6.70. The maximum atomic E-state index is 11.7. The van der Waals surface area contributed by atoms with Gasteiger partial charge >= 0.3 is 6.03 Å². The molecule has 1 aromatic heterocycles. The number of amides is 2. The van der Waals surface area contributed by atoms with E-state index in [1.807, 2.05) is 12.3 Å². The standard InChI is InChI=1S/C11H16N4OS/c1-6(2)4-15-8(9(12)14-11(15)16)10-13-7(3)5-17-10/h5-6,8H,4H2,1-3H3,(H2,12,14,16). The number of nitrogens with two attached hydrogens (primary N) is 1. The van der Waals surface area contributed by atoms with Gasteiger partial charge in [-0.15, -0.1) is 11.3 Å². The van der Waals surface area contributed by atoms with Crippen molar-refractivity contribution in [2.75, 3.05) is 6.54 Å². The molecule has 2 rings (SSSR count). The number of nitrogens with zero attached hydrogens (tertiary/aromatic N) is 3. The van der Waals surface area contributed by atoms with Gasteiger partial charge in [-0.3, -0.25) is 0 Å². The van der Waals surface area contributed by atoms with E-state index in [-0.39, 0.29) is 12.1 Å². The highest BCUT2D eigenvalue weighted by Crippen LogP contribution is 2.29. The van der Waals surface area contributed by atoms with E-state index in [4.69, 9.17) is 5.73 Å². The van der Waals surface area contributed by atoms with Crippen molar-refractivity contribution in [2.24, 2.45) is 16.6 Å². The molecule has 6 heteroatoms. The number of aryl methyl sites for hydroxylation is 1. The van der Waals surface area contributed by atoms with Gasteiger partial charge in [-0.25, -0.2) is 9.78 Å². The van der Waals surface area contributed by atoms with Crippen LogP contribution in [0.1, 0.15) is 30.6 Å². The summed E-state index contributed by atoms with van der Waals surface area (Å²) in [6.07, 6.45) is 0. The number of carbonyl (C=O) groups is 1. The molecule has 0 bridgehead atoms. The number of aliphatic imine (C=N–C) groups is 1.